The number of unbranched alkanes of at least 4 members (excludes halogenated alkanes) is 1. The normalized spacial score (nSPS) is 40.7. The first-order valence-electron chi connectivity index (χ1n) is 39.9. The van der Waals surface area contributed by atoms with E-state index in [0.29, 0.717) is 57.8 Å². The first kappa shape index (κ1) is 95.7. The van der Waals surface area contributed by atoms with Crippen molar-refractivity contribution in [1.29, 1.82) is 0 Å². The van der Waals surface area contributed by atoms with E-state index in [0.717, 1.165) is 12.8 Å². The Balaban J connectivity index is 1.51. The van der Waals surface area contributed by atoms with Gasteiger partial charge in [-0.05, 0) is 87.5 Å². The predicted octanol–water partition coefficient (Wildman–Crippen LogP) is -0.540. The largest absolute Gasteiger partial charge is 0.463 e. The maximum absolute atomic E-state index is 14.7. The highest BCUT2D eigenvalue weighted by molar-refractivity contribution is 5.87. The van der Waals surface area contributed by atoms with Crippen molar-refractivity contribution in [3.8, 4) is 0 Å². The lowest BCUT2D eigenvalue weighted by Gasteiger charge is -2.52. The summed E-state index contributed by atoms with van der Waals surface area (Å²) in [6, 6.07) is 0. The maximum atomic E-state index is 14.7. The van der Waals surface area contributed by atoms with Crippen molar-refractivity contribution in [2.45, 2.75) is 382 Å². The highest BCUT2D eigenvalue weighted by Crippen LogP contribution is 2.42. The van der Waals surface area contributed by atoms with Crippen LogP contribution in [0.3, 0.4) is 0 Å². The maximum Gasteiger partial charge on any atom is 0.333 e. The average Bonchev–Trinajstić information content (AvgIpc) is 0.758. The molecule has 7 aliphatic heterocycles. The molecule has 7 aliphatic rings. The third kappa shape index (κ3) is 24.9. The molecule has 113 heavy (non-hydrogen) atoms. The lowest BCUT2D eigenvalue weighted by molar-refractivity contribution is -0.414. The molecule has 7 saturated heterocycles. The average molecular weight is 1630 g/mol. The summed E-state index contributed by atoms with van der Waals surface area (Å²) in [5, 5.41) is 150. The molecular weight excluding hydrogens is 1500 g/mol. The second kappa shape index (κ2) is 45.1. The predicted molar refractivity (Wildman–Crippen MR) is 383 cm³/mol. The van der Waals surface area contributed by atoms with Gasteiger partial charge in [-0.15, -0.1) is 0 Å². The van der Waals surface area contributed by atoms with E-state index in [1.165, 1.54) is 75.3 Å². The van der Waals surface area contributed by atoms with Crippen molar-refractivity contribution >= 4 is 35.8 Å². The van der Waals surface area contributed by atoms with Crippen LogP contribution < -0.4 is 0 Å². The monoisotopic (exact) mass is 1630 g/mol. The van der Waals surface area contributed by atoms with Crippen LogP contribution >= 0.6 is 0 Å². The fourth-order valence-corrected chi connectivity index (χ4v) is 13.7. The Labute approximate surface area is 658 Å². The third-order valence-corrected chi connectivity index (χ3v) is 22.3. The molecule has 37 heteroatoms. The number of rotatable bonds is 24. The Morgan fingerprint density at radius 2 is 1.04 bits per heavy atom. The summed E-state index contributed by atoms with van der Waals surface area (Å²) < 4.78 is 115. The molecule has 0 amide bonds. The lowest BCUT2D eigenvalue weighted by Crippen LogP contribution is -2.70. The van der Waals surface area contributed by atoms with Crippen molar-refractivity contribution in [2.24, 2.45) is 23.7 Å². The van der Waals surface area contributed by atoms with Crippen LogP contribution in [-0.4, -0.2) is 331 Å². The van der Waals surface area contributed by atoms with E-state index in [2.05, 4.69) is 0 Å². The number of aliphatic hydroxyl groups excluding tert-OH is 13. The van der Waals surface area contributed by atoms with Gasteiger partial charge in [0.15, 0.2) is 68.3 Å². The zero-order valence-electron chi connectivity index (χ0n) is 66.8. The highest BCUT2D eigenvalue weighted by atomic mass is 16.8. The Morgan fingerprint density at radius 3 is 1.65 bits per heavy atom. The molecule has 0 aromatic rings. The Morgan fingerprint density at radius 1 is 0.487 bits per heavy atom. The zero-order chi connectivity index (χ0) is 83.6. The van der Waals surface area contributed by atoms with Gasteiger partial charge in [0, 0.05) is 12.0 Å². The van der Waals surface area contributed by atoms with Crippen LogP contribution in [-0.2, 0) is 114 Å². The van der Waals surface area contributed by atoms with E-state index in [1.54, 1.807) is 13.8 Å². The van der Waals surface area contributed by atoms with E-state index >= 15 is 0 Å². The van der Waals surface area contributed by atoms with Crippen molar-refractivity contribution in [1.82, 2.24) is 0 Å². The van der Waals surface area contributed by atoms with E-state index in [1.807, 2.05) is 6.92 Å². The number of allylic oxidation sites excluding steroid dienone is 1. The molecule has 0 aromatic heterocycles. The standard InChI is InChI=1S/C76H126O37/c1-14-18-26-42-27-24-22-20-19-21-23-25-28-47(81)105-61-54(88)50(84)44(30-78)102-73(61)97-32-46-58(107-66(91)33(5)15-2)60(108-67(92)34(6)16-3)56(90)72(104-46)110-59-51(85)45(31-96-69(94)36(8)38(10)79)103-76(111-62-53(87)48(82)40(12)98-74(62)100-42)64(59)113-75-65(109-68(93)35(7)17-4)63(57(41(13)99-75)106-70(95)37(9)39(11)80)112-71-55(89)52(86)49(83)43(29-77)101-71/h15,34-46,48-65,71-80,82-90H,14,16-32H2,1-13H3/b33-15+/t34-,35-,36+,37+,38+,39+,40+,41-,42-,43+,44+,45+,46+,48+,49+,50+,51+,52-,53-,54-,55+,56+,57-,58+,59-,60+,61+,62+,63+,64+,65+,71-,72-,73+,74-,75-,76-/m0/s1. The Kier molecular flexibility index (Phi) is 38.2. The molecule has 13 N–H and O–H groups in total. The van der Waals surface area contributed by atoms with Gasteiger partial charge in [-0.1, -0.05) is 92.1 Å². The smallest absolute Gasteiger partial charge is 0.333 e. The van der Waals surface area contributed by atoms with Crippen LogP contribution in [0, 0.1) is 23.7 Å². The minimum absolute atomic E-state index is 0.0275. The zero-order valence-corrected chi connectivity index (χ0v) is 66.8. The fourth-order valence-electron chi connectivity index (χ4n) is 13.7. The Bertz CT molecular complexity index is 2960. The number of ether oxygens (including phenoxy) is 18. The third-order valence-electron chi connectivity index (χ3n) is 22.3. The molecule has 0 unspecified atom stereocenters. The number of hydrogen-bond donors (Lipinski definition) is 13. The van der Waals surface area contributed by atoms with Crippen LogP contribution in [0.5, 0.6) is 0 Å². The molecule has 0 saturated carbocycles. The van der Waals surface area contributed by atoms with Gasteiger partial charge in [0.1, 0.15) is 110 Å². The van der Waals surface area contributed by atoms with Crippen molar-refractivity contribution in [3.63, 3.8) is 0 Å². The molecule has 0 aliphatic carbocycles. The molecular formula is C76H126O37. The molecule has 4 bridgehead atoms. The van der Waals surface area contributed by atoms with E-state index < -0.39 is 288 Å². The van der Waals surface area contributed by atoms with Crippen LogP contribution in [0.15, 0.2) is 11.6 Å². The molecule has 0 spiro atoms. The number of carbonyl (C=O) groups is 6. The van der Waals surface area contributed by atoms with Crippen molar-refractivity contribution < 1.29 is 180 Å². The molecule has 7 fully saturated rings. The van der Waals surface area contributed by atoms with E-state index in [4.69, 9.17) is 85.3 Å². The first-order chi connectivity index (χ1) is 53.6. The minimum Gasteiger partial charge on any atom is -0.463 e. The summed E-state index contributed by atoms with van der Waals surface area (Å²) in [6.45, 7) is 15.2. The summed E-state index contributed by atoms with van der Waals surface area (Å²) in [5.41, 5.74) is -0.0275. The Hall–Kier alpha value is -4.44. The van der Waals surface area contributed by atoms with Crippen molar-refractivity contribution in [2.75, 3.05) is 26.4 Å². The van der Waals surface area contributed by atoms with E-state index in [-0.39, 0.29) is 24.8 Å². The molecule has 0 radical (unpaired) electrons. The summed E-state index contributed by atoms with van der Waals surface area (Å²) in [6.07, 6.45) is -54.9. The first-order valence-corrected chi connectivity index (χ1v) is 39.9. The summed E-state index contributed by atoms with van der Waals surface area (Å²) in [5.74, 6) is -10.6. The number of aliphatic hydroxyl groups is 13. The molecule has 37 nitrogen and oxygen atoms in total. The highest BCUT2D eigenvalue weighted by Gasteiger charge is 2.61. The van der Waals surface area contributed by atoms with Gasteiger partial charge in [0.25, 0.3) is 0 Å². The second-order valence-electron chi connectivity index (χ2n) is 30.8. The molecule has 0 aromatic carbocycles. The van der Waals surface area contributed by atoms with Crippen LogP contribution in [0.4, 0.5) is 0 Å². The quantitative estimate of drug-likeness (QED) is 0.0328. The fraction of sp³-hybridized carbons (Fsp3) is 0.895. The van der Waals surface area contributed by atoms with Gasteiger partial charge >= 0.3 is 35.8 Å². The lowest BCUT2D eigenvalue weighted by atomic mass is 9.94. The molecule has 7 heterocycles. The van der Waals surface area contributed by atoms with Crippen LogP contribution in [0.2, 0.25) is 0 Å². The van der Waals surface area contributed by atoms with Crippen LogP contribution in [0.1, 0.15) is 180 Å². The number of hydrogen-bond acceptors (Lipinski definition) is 37. The summed E-state index contributed by atoms with van der Waals surface area (Å²) in [7, 11) is 0. The minimum atomic E-state index is -2.40. The number of carbonyl (C=O) groups excluding carboxylic acids is 6. The van der Waals surface area contributed by atoms with Crippen LogP contribution in [0.25, 0.3) is 0 Å². The van der Waals surface area contributed by atoms with Gasteiger partial charge in [0.05, 0.1) is 74.0 Å². The van der Waals surface area contributed by atoms with Gasteiger partial charge in [-0.2, -0.15) is 0 Å². The molecule has 37 atom stereocenters. The van der Waals surface area contributed by atoms with Gasteiger partial charge < -0.3 is 152 Å². The van der Waals surface area contributed by atoms with Crippen molar-refractivity contribution in [3.05, 3.63) is 11.6 Å². The van der Waals surface area contributed by atoms with E-state index in [9.17, 15) is 95.2 Å². The van der Waals surface area contributed by atoms with Gasteiger partial charge in [-0.3, -0.25) is 24.0 Å². The topological polar surface area (TPSA) is 532 Å². The van der Waals surface area contributed by atoms with Gasteiger partial charge in [0.2, 0.25) is 0 Å². The summed E-state index contributed by atoms with van der Waals surface area (Å²) in [4.78, 5) is 85.0. The summed E-state index contributed by atoms with van der Waals surface area (Å²) >= 11 is 0. The second-order valence-corrected chi connectivity index (χ2v) is 30.8. The molecule has 652 valence electrons. The SMILES string of the molecule is C/C=C(\C)C(=O)O[C@H]1[C@H](OC(=O)[C@@H](C)CC)[C@@H](O)[C@@H]2O[C@H]3[C@H](O)[C@@H](COC(=O)[C@H](C)[C@@H](C)O)O[C@@H](O[C@H]4[C@H](O[C@@H](CCCC)CCCCCCCCCC(=O)O[C@H]5[C@H](OC[C@H]1O2)O[C@H](CO)[C@@H](O)[C@@H]5O)O[C@H](C)[C@@H](O)[C@@H]4O)[C@@H]3O[C@@H]1O[C@@H](C)[C@H](OC(=O)[C@H](C)[C@@H](C)O)[C@@H](O[C@@H]2O[C@H](CO)[C@@H](O)[C@H](O)[C@H]2O)[C@H]1OC(=O)[C@@H](C)CC. The molecule has 7 rings (SSSR count). The number of esters is 6. The number of fused-ring (bicyclic) bond motifs is 6. The van der Waals surface area contributed by atoms with Gasteiger partial charge in [-0.25, -0.2) is 4.79 Å².